The fourth-order valence-electron chi connectivity index (χ4n) is 1.24. The fraction of sp³-hybridized carbons (Fsp3) is 0.400. The van der Waals surface area contributed by atoms with Gasteiger partial charge >= 0.3 is 5.69 Å². The SMILES string of the molecule is C=C(C)Cn1c(C)cc(C)nc1=O. The zero-order chi connectivity index (χ0) is 10.0. The predicted molar refractivity (Wildman–Crippen MR) is 52.8 cm³/mol. The highest BCUT2D eigenvalue weighted by Gasteiger charge is 2.01. The van der Waals surface area contributed by atoms with Gasteiger partial charge in [-0.3, -0.25) is 4.57 Å². The Morgan fingerprint density at radius 2 is 2.23 bits per heavy atom. The summed E-state index contributed by atoms with van der Waals surface area (Å²) < 4.78 is 1.62. The van der Waals surface area contributed by atoms with Crippen molar-refractivity contribution in [2.45, 2.75) is 27.3 Å². The van der Waals surface area contributed by atoms with Gasteiger partial charge in [-0.2, -0.15) is 4.98 Å². The first-order valence-corrected chi connectivity index (χ1v) is 4.20. The molecule has 13 heavy (non-hydrogen) atoms. The van der Waals surface area contributed by atoms with E-state index < -0.39 is 0 Å². The molecular weight excluding hydrogens is 164 g/mol. The van der Waals surface area contributed by atoms with Gasteiger partial charge in [0.25, 0.3) is 0 Å². The monoisotopic (exact) mass is 178 g/mol. The Hall–Kier alpha value is -1.38. The number of aryl methyl sites for hydroxylation is 2. The maximum Gasteiger partial charge on any atom is 0.348 e. The van der Waals surface area contributed by atoms with Crippen molar-refractivity contribution in [3.8, 4) is 0 Å². The molecule has 0 radical (unpaired) electrons. The van der Waals surface area contributed by atoms with Crippen LogP contribution in [0.1, 0.15) is 18.3 Å². The van der Waals surface area contributed by atoms with E-state index in [4.69, 9.17) is 0 Å². The molecule has 0 spiro atoms. The summed E-state index contributed by atoms with van der Waals surface area (Å²) in [6.45, 7) is 9.94. The van der Waals surface area contributed by atoms with Crippen molar-refractivity contribution in [1.29, 1.82) is 0 Å². The normalized spacial score (nSPS) is 10.1. The Morgan fingerprint density at radius 3 is 2.69 bits per heavy atom. The molecule has 1 aromatic heterocycles. The van der Waals surface area contributed by atoms with E-state index in [1.54, 1.807) is 4.57 Å². The maximum absolute atomic E-state index is 11.4. The topological polar surface area (TPSA) is 34.9 Å². The standard InChI is InChI=1S/C10H14N2O/c1-7(2)6-12-9(4)5-8(3)11-10(12)13/h5H,1,6H2,2-4H3. The summed E-state index contributed by atoms with van der Waals surface area (Å²) in [5.41, 5.74) is 2.46. The van der Waals surface area contributed by atoms with Crippen molar-refractivity contribution in [3.63, 3.8) is 0 Å². The van der Waals surface area contributed by atoms with Gasteiger partial charge in [-0.05, 0) is 26.8 Å². The highest BCUT2D eigenvalue weighted by atomic mass is 16.1. The summed E-state index contributed by atoms with van der Waals surface area (Å²) in [7, 11) is 0. The molecule has 0 atom stereocenters. The van der Waals surface area contributed by atoms with E-state index in [1.165, 1.54) is 0 Å². The summed E-state index contributed by atoms with van der Waals surface area (Å²) in [5, 5.41) is 0. The van der Waals surface area contributed by atoms with Crippen molar-refractivity contribution in [2.24, 2.45) is 0 Å². The zero-order valence-corrected chi connectivity index (χ0v) is 8.29. The lowest BCUT2D eigenvalue weighted by Crippen LogP contribution is -2.25. The van der Waals surface area contributed by atoms with Crippen LogP contribution in [0, 0.1) is 13.8 Å². The summed E-state index contributed by atoms with van der Waals surface area (Å²) in [5.74, 6) is 0. The molecule has 1 heterocycles. The van der Waals surface area contributed by atoms with E-state index in [0.717, 1.165) is 17.0 Å². The second-order valence-electron chi connectivity index (χ2n) is 3.36. The molecule has 3 heteroatoms. The second-order valence-corrected chi connectivity index (χ2v) is 3.36. The molecule has 0 amide bonds. The first kappa shape index (κ1) is 9.71. The molecule has 0 saturated heterocycles. The summed E-state index contributed by atoms with van der Waals surface area (Å²) in [6.07, 6.45) is 0. The molecule has 1 rings (SSSR count). The van der Waals surface area contributed by atoms with E-state index in [-0.39, 0.29) is 5.69 Å². The number of hydrogen-bond donors (Lipinski definition) is 0. The van der Waals surface area contributed by atoms with Crippen molar-refractivity contribution >= 4 is 0 Å². The molecular formula is C10H14N2O. The summed E-state index contributed by atoms with van der Waals surface area (Å²) >= 11 is 0. The summed E-state index contributed by atoms with van der Waals surface area (Å²) in [6, 6.07) is 1.89. The molecule has 0 bridgehead atoms. The van der Waals surface area contributed by atoms with Crippen molar-refractivity contribution in [3.05, 3.63) is 40.1 Å². The van der Waals surface area contributed by atoms with E-state index in [2.05, 4.69) is 11.6 Å². The van der Waals surface area contributed by atoms with Crippen LogP contribution < -0.4 is 5.69 Å². The van der Waals surface area contributed by atoms with Gasteiger partial charge in [0.1, 0.15) is 0 Å². The first-order chi connectivity index (χ1) is 6.00. The van der Waals surface area contributed by atoms with Crippen molar-refractivity contribution < 1.29 is 0 Å². The zero-order valence-electron chi connectivity index (χ0n) is 8.29. The smallest absolute Gasteiger partial charge is 0.293 e. The molecule has 0 N–H and O–H groups in total. The van der Waals surface area contributed by atoms with Gasteiger partial charge in [0.05, 0.1) is 0 Å². The van der Waals surface area contributed by atoms with Crippen LogP contribution in [0.3, 0.4) is 0 Å². The fourth-order valence-corrected chi connectivity index (χ4v) is 1.24. The Labute approximate surface area is 77.7 Å². The number of rotatable bonds is 2. The molecule has 0 aliphatic carbocycles. The quantitative estimate of drug-likeness (QED) is 0.642. The maximum atomic E-state index is 11.4. The second kappa shape index (κ2) is 3.56. The Kier molecular flexibility index (Phi) is 2.66. The van der Waals surface area contributed by atoms with E-state index >= 15 is 0 Å². The van der Waals surface area contributed by atoms with E-state index in [0.29, 0.717) is 6.54 Å². The van der Waals surface area contributed by atoms with Gasteiger partial charge in [0.15, 0.2) is 0 Å². The molecule has 0 aliphatic rings. The van der Waals surface area contributed by atoms with Crippen LogP contribution in [0.2, 0.25) is 0 Å². The largest absolute Gasteiger partial charge is 0.348 e. The van der Waals surface area contributed by atoms with E-state index in [9.17, 15) is 4.79 Å². The van der Waals surface area contributed by atoms with Crippen LogP contribution in [0.25, 0.3) is 0 Å². The lowest BCUT2D eigenvalue weighted by atomic mass is 10.3. The van der Waals surface area contributed by atoms with Crippen molar-refractivity contribution in [1.82, 2.24) is 9.55 Å². The third-order valence-electron chi connectivity index (χ3n) is 1.77. The minimum Gasteiger partial charge on any atom is -0.293 e. The molecule has 1 aromatic rings. The Balaban J connectivity index is 3.21. The first-order valence-electron chi connectivity index (χ1n) is 4.20. The van der Waals surface area contributed by atoms with Gasteiger partial charge < -0.3 is 0 Å². The molecule has 0 saturated carbocycles. The van der Waals surface area contributed by atoms with Gasteiger partial charge in [-0.15, -0.1) is 0 Å². The molecule has 0 fully saturated rings. The average Bonchev–Trinajstić information content (AvgIpc) is 1.96. The summed E-state index contributed by atoms with van der Waals surface area (Å²) in [4.78, 5) is 15.3. The van der Waals surface area contributed by atoms with Gasteiger partial charge in [0.2, 0.25) is 0 Å². The van der Waals surface area contributed by atoms with Crippen molar-refractivity contribution in [2.75, 3.05) is 0 Å². The third-order valence-corrected chi connectivity index (χ3v) is 1.77. The Morgan fingerprint density at radius 1 is 1.62 bits per heavy atom. The predicted octanol–water partition coefficient (Wildman–Crippen LogP) is 1.44. The van der Waals surface area contributed by atoms with Crippen LogP contribution in [-0.4, -0.2) is 9.55 Å². The van der Waals surface area contributed by atoms with Gasteiger partial charge in [0, 0.05) is 17.9 Å². The lowest BCUT2D eigenvalue weighted by Gasteiger charge is -2.08. The molecule has 0 aliphatic heterocycles. The van der Waals surface area contributed by atoms with Gasteiger partial charge in [-0.1, -0.05) is 12.2 Å². The molecule has 3 nitrogen and oxygen atoms in total. The lowest BCUT2D eigenvalue weighted by molar-refractivity contribution is 0.686. The van der Waals surface area contributed by atoms with Crippen LogP contribution in [0.15, 0.2) is 23.0 Å². The minimum atomic E-state index is -0.194. The molecule has 0 unspecified atom stereocenters. The van der Waals surface area contributed by atoms with Crippen LogP contribution in [0.5, 0.6) is 0 Å². The van der Waals surface area contributed by atoms with Gasteiger partial charge in [-0.25, -0.2) is 4.79 Å². The number of aromatic nitrogens is 2. The Bertz CT molecular complexity index is 390. The highest BCUT2D eigenvalue weighted by Crippen LogP contribution is 1.99. The number of allylic oxidation sites excluding steroid dienone is 1. The van der Waals surface area contributed by atoms with Crippen LogP contribution >= 0.6 is 0 Å². The number of nitrogens with zero attached hydrogens (tertiary/aromatic N) is 2. The van der Waals surface area contributed by atoms with E-state index in [1.807, 2.05) is 26.8 Å². The van der Waals surface area contributed by atoms with Crippen LogP contribution in [-0.2, 0) is 6.54 Å². The third kappa shape index (κ3) is 2.28. The van der Waals surface area contributed by atoms with Crippen LogP contribution in [0.4, 0.5) is 0 Å². The average molecular weight is 178 g/mol. The minimum absolute atomic E-state index is 0.194. The molecule has 70 valence electrons. The number of hydrogen-bond acceptors (Lipinski definition) is 2. The molecule has 0 aromatic carbocycles. The highest BCUT2D eigenvalue weighted by molar-refractivity contribution is 5.08.